The van der Waals surface area contributed by atoms with E-state index in [0.717, 1.165) is 5.56 Å². The molecule has 0 unspecified atom stereocenters. The number of nitrogens with one attached hydrogen (secondary N) is 1. The summed E-state index contributed by atoms with van der Waals surface area (Å²) in [7, 11) is 0. The van der Waals surface area contributed by atoms with Gasteiger partial charge in [-0.05, 0) is 23.6 Å². The Hall–Kier alpha value is -3.03. The molecular formula is C16H13F3N2O3. The van der Waals surface area contributed by atoms with Gasteiger partial charge in [0.25, 0.3) is 0 Å². The number of esters is 1. The molecule has 0 radical (unpaired) electrons. The van der Waals surface area contributed by atoms with Crippen LogP contribution in [0.3, 0.4) is 0 Å². The van der Waals surface area contributed by atoms with Gasteiger partial charge < -0.3 is 15.8 Å². The fourth-order valence-electron chi connectivity index (χ4n) is 2.20. The summed E-state index contributed by atoms with van der Waals surface area (Å²) in [6.07, 6.45) is -4.96. The van der Waals surface area contributed by atoms with Gasteiger partial charge in [-0.15, -0.1) is 13.2 Å². The summed E-state index contributed by atoms with van der Waals surface area (Å²) in [6.45, 7) is 0. The number of hydrogen-bond acceptors (Lipinski definition) is 3. The number of benzene rings is 2. The first kappa shape index (κ1) is 17.3. The van der Waals surface area contributed by atoms with Crippen LogP contribution in [0.4, 0.5) is 23.7 Å². The summed E-state index contributed by atoms with van der Waals surface area (Å²) < 4.78 is 40.7. The van der Waals surface area contributed by atoms with Crippen molar-refractivity contribution in [3.8, 4) is 0 Å². The van der Waals surface area contributed by atoms with Gasteiger partial charge in [0.2, 0.25) is 0 Å². The Morgan fingerprint density at radius 3 is 2.29 bits per heavy atom. The van der Waals surface area contributed by atoms with Crippen LogP contribution in [0.15, 0.2) is 48.5 Å². The third-order valence-corrected chi connectivity index (χ3v) is 3.06. The van der Waals surface area contributed by atoms with Crippen molar-refractivity contribution in [1.29, 1.82) is 0 Å². The van der Waals surface area contributed by atoms with Crippen molar-refractivity contribution in [2.45, 2.75) is 12.8 Å². The van der Waals surface area contributed by atoms with Crippen LogP contribution in [0.5, 0.6) is 0 Å². The molecule has 0 aliphatic carbocycles. The molecule has 8 heteroatoms. The van der Waals surface area contributed by atoms with Crippen LogP contribution in [0, 0.1) is 0 Å². The molecule has 3 N–H and O–H groups in total. The first-order valence-electron chi connectivity index (χ1n) is 6.78. The van der Waals surface area contributed by atoms with Crippen molar-refractivity contribution in [2.75, 3.05) is 5.32 Å². The Morgan fingerprint density at radius 1 is 1.04 bits per heavy atom. The van der Waals surface area contributed by atoms with Gasteiger partial charge in [-0.25, -0.2) is 9.59 Å². The maximum absolute atomic E-state index is 12.4. The second-order valence-electron chi connectivity index (χ2n) is 4.83. The van der Waals surface area contributed by atoms with Gasteiger partial charge in [0.1, 0.15) is 0 Å². The van der Waals surface area contributed by atoms with Gasteiger partial charge in [-0.2, -0.15) is 0 Å². The zero-order chi connectivity index (χ0) is 17.7. The van der Waals surface area contributed by atoms with Gasteiger partial charge in [0, 0.05) is 0 Å². The zero-order valence-electron chi connectivity index (χ0n) is 12.3. The lowest BCUT2D eigenvalue weighted by Gasteiger charge is -2.15. The predicted octanol–water partition coefficient (Wildman–Crippen LogP) is 3.44. The second kappa shape index (κ2) is 7.03. The van der Waals surface area contributed by atoms with E-state index >= 15 is 0 Å². The number of hydrogen-bond donors (Lipinski definition) is 2. The molecule has 0 heterocycles. The molecule has 0 spiro atoms. The summed E-state index contributed by atoms with van der Waals surface area (Å²) in [4.78, 5) is 23.0. The number of carbonyl (C=O) groups is 2. The number of primary amides is 1. The largest absolute Gasteiger partial charge is 0.575 e. The number of ether oxygens (including phenoxy) is 1. The minimum absolute atomic E-state index is 0.148. The number of alkyl halides is 3. The van der Waals surface area contributed by atoms with Crippen LogP contribution >= 0.6 is 0 Å². The highest BCUT2D eigenvalue weighted by atomic mass is 19.4. The quantitative estimate of drug-likeness (QED) is 0.838. The van der Waals surface area contributed by atoms with Crippen LogP contribution in [0.25, 0.3) is 0 Å². The molecule has 0 aliphatic rings. The lowest BCUT2D eigenvalue weighted by Crippen LogP contribution is -2.25. The molecule has 0 aliphatic heterocycles. The Balaban J connectivity index is 2.45. The molecule has 2 aromatic rings. The number of nitrogens with two attached hydrogens (primary N) is 1. The first-order chi connectivity index (χ1) is 11.3. The standard InChI is InChI=1S/C16H13F3N2O3/c17-16(18,19)24-14(22)13-11(9-10-5-2-1-3-6-10)7-4-8-12(13)21-15(20)23/h1-8H,9H2,(H3,20,21,23). The van der Waals surface area contributed by atoms with Crippen molar-refractivity contribution in [2.24, 2.45) is 5.73 Å². The van der Waals surface area contributed by atoms with Gasteiger partial charge in [-0.1, -0.05) is 42.5 Å². The number of carbonyl (C=O) groups excluding carboxylic acids is 2. The van der Waals surface area contributed by atoms with Crippen LogP contribution in [0.2, 0.25) is 0 Å². The van der Waals surface area contributed by atoms with Crippen molar-refractivity contribution >= 4 is 17.7 Å². The highest BCUT2D eigenvalue weighted by Gasteiger charge is 2.36. The van der Waals surface area contributed by atoms with Crippen LogP contribution in [-0.2, 0) is 11.2 Å². The van der Waals surface area contributed by atoms with Crippen molar-refractivity contribution in [3.05, 3.63) is 65.2 Å². The smallest absolute Gasteiger partial charge is 0.369 e. The van der Waals surface area contributed by atoms with Gasteiger partial charge >= 0.3 is 18.4 Å². The minimum atomic E-state index is -5.14. The van der Waals surface area contributed by atoms with E-state index < -0.39 is 23.9 Å². The maximum Gasteiger partial charge on any atom is 0.575 e. The average molecular weight is 338 g/mol. The fourth-order valence-corrected chi connectivity index (χ4v) is 2.20. The highest BCUT2D eigenvalue weighted by molar-refractivity contribution is 6.01. The summed E-state index contributed by atoms with van der Waals surface area (Å²) in [5, 5.41) is 2.14. The molecular weight excluding hydrogens is 325 g/mol. The van der Waals surface area contributed by atoms with E-state index in [1.54, 1.807) is 30.3 Å². The second-order valence-corrected chi connectivity index (χ2v) is 4.83. The Morgan fingerprint density at radius 2 is 1.71 bits per heavy atom. The molecule has 0 fully saturated rings. The molecule has 2 rings (SSSR count). The number of halogens is 3. The third kappa shape index (κ3) is 4.73. The van der Waals surface area contributed by atoms with E-state index in [0.29, 0.717) is 0 Å². The number of amides is 2. The Labute approximate surface area is 135 Å². The molecule has 0 atom stereocenters. The lowest BCUT2D eigenvalue weighted by molar-refractivity contribution is -0.291. The van der Waals surface area contributed by atoms with Crippen molar-refractivity contribution < 1.29 is 27.5 Å². The van der Waals surface area contributed by atoms with E-state index in [4.69, 9.17) is 5.73 Å². The van der Waals surface area contributed by atoms with Gasteiger partial charge in [-0.3, -0.25) is 0 Å². The topological polar surface area (TPSA) is 81.4 Å². The number of anilines is 1. The molecule has 0 bridgehead atoms. The first-order valence-corrected chi connectivity index (χ1v) is 6.78. The molecule has 2 amide bonds. The van der Waals surface area contributed by atoms with Gasteiger partial charge in [0.15, 0.2) is 0 Å². The summed E-state index contributed by atoms with van der Waals surface area (Å²) in [5.74, 6) is -1.61. The van der Waals surface area contributed by atoms with Crippen molar-refractivity contribution in [3.63, 3.8) is 0 Å². The molecule has 126 valence electrons. The van der Waals surface area contributed by atoms with Crippen molar-refractivity contribution in [1.82, 2.24) is 0 Å². The van der Waals surface area contributed by atoms with Gasteiger partial charge in [0.05, 0.1) is 11.3 Å². The fraction of sp³-hybridized carbons (Fsp3) is 0.125. The van der Waals surface area contributed by atoms with E-state index in [9.17, 15) is 22.8 Å². The zero-order valence-corrected chi connectivity index (χ0v) is 12.3. The maximum atomic E-state index is 12.4. The average Bonchev–Trinajstić information content (AvgIpc) is 2.46. The summed E-state index contributed by atoms with van der Waals surface area (Å²) in [6, 6.07) is 12.1. The van der Waals surface area contributed by atoms with Crippen LogP contribution in [0.1, 0.15) is 21.5 Å². The normalized spacial score (nSPS) is 11.0. The SMILES string of the molecule is NC(=O)Nc1cccc(Cc2ccccc2)c1C(=O)OC(F)(F)F. The van der Waals surface area contributed by atoms with Crippen LogP contribution < -0.4 is 11.1 Å². The molecule has 2 aromatic carbocycles. The van der Waals surface area contributed by atoms with E-state index in [1.807, 2.05) is 0 Å². The summed E-state index contributed by atoms with van der Waals surface area (Å²) in [5.41, 5.74) is 5.50. The summed E-state index contributed by atoms with van der Waals surface area (Å²) >= 11 is 0. The Bertz CT molecular complexity index is 746. The van der Waals surface area contributed by atoms with E-state index in [1.165, 1.54) is 18.2 Å². The van der Waals surface area contributed by atoms with E-state index in [-0.39, 0.29) is 17.7 Å². The molecule has 0 saturated heterocycles. The highest BCUT2D eigenvalue weighted by Crippen LogP contribution is 2.27. The molecule has 5 nitrogen and oxygen atoms in total. The monoisotopic (exact) mass is 338 g/mol. The van der Waals surface area contributed by atoms with E-state index in [2.05, 4.69) is 10.1 Å². The minimum Gasteiger partial charge on any atom is -0.369 e. The number of rotatable bonds is 4. The molecule has 0 aromatic heterocycles. The predicted molar refractivity (Wildman–Crippen MR) is 80.4 cm³/mol. The number of urea groups is 1. The Kier molecular flexibility index (Phi) is 5.08. The molecule has 24 heavy (non-hydrogen) atoms. The third-order valence-electron chi connectivity index (χ3n) is 3.06. The van der Waals surface area contributed by atoms with Crippen LogP contribution in [-0.4, -0.2) is 18.4 Å². The lowest BCUT2D eigenvalue weighted by atomic mass is 9.98. The molecule has 0 saturated carbocycles.